The highest BCUT2D eigenvalue weighted by Crippen LogP contribution is 2.18. The first-order valence-electron chi connectivity index (χ1n) is 6.60. The molecule has 1 aromatic carbocycles. The molecule has 1 atom stereocenters. The van der Waals surface area contributed by atoms with E-state index in [0.717, 1.165) is 0 Å². The summed E-state index contributed by atoms with van der Waals surface area (Å²) in [6, 6.07) is 5.23. The lowest BCUT2D eigenvalue weighted by Gasteiger charge is -2.19. The highest BCUT2D eigenvalue weighted by molar-refractivity contribution is 5.99. The van der Waals surface area contributed by atoms with Crippen LogP contribution in [0.2, 0.25) is 0 Å². The molecule has 0 saturated heterocycles. The fraction of sp³-hybridized carbons (Fsp3) is 0.333. The highest BCUT2D eigenvalue weighted by Gasteiger charge is 2.26. The van der Waals surface area contributed by atoms with Crippen molar-refractivity contribution in [3.8, 4) is 0 Å². The van der Waals surface area contributed by atoms with Gasteiger partial charge >= 0.3 is 5.97 Å². The number of esters is 1. The van der Waals surface area contributed by atoms with Crippen LogP contribution in [0.15, 0.2) is 24.3 Å². The number of hydrogen-bond acceptors (Lipinski definition) is 3. The van der Waals surface area contributed by atoms with Gasteiger partial charge in [-0.15, -0.1) is 0 Å². The summed E-state index contributed by atoms with van der Waals surface area (Å²) in [4.78, 5) is 26.7. The number of aromatic nitrogens is 1. The topological polar surface area (TPSA) is 71.2 Å². The monoisotopic (exact) mass is 292 g/mol. The zero-order valence-corrected chi connectivity index (χ0v) is 12.1. The maximum Gasteiger partial charge on any atom is 0.328 e. The lowest BCUT2D eigenvalue weighted by atomic mass is 10.0. The standard InChI is InChI=1S/C15H17FN2O3/c1-8(2)13(15(20)21-3)18-14(19)12-7-9-10(16)5-4-6-11(9)17-12/h4-8,13,17H,1-3H3,(H,18,19). The normalized spacial score (nSPS) is 12.4. The second-order valence-corrected chi connectivity index (χ2v) is 5.10. The van der Waals surface area contributed by atoms with E-state index in [1.54, 1.807) is 26.0 Å². The minimum atomic E-state index is -0.751. The van der Waals surface area contributed by atoms with Crippen LogP contribution in [0.5, 0.6) is 0 Å². The van der Waals surface area contributed by atoms with Crippen molar-refractivity contribution in [3.05, 3.63) is 35.8 Å². The van der Waals surface area contributed by atoms with Gasteiger partial charge in [-0.1, -0.05) is 19.9 Å². The number of halogens is 1. The summed E-state index contributed by atoms with van der Waals surface area (Å²) in [5.41, 5.74) is 0.726. The molecule has 6 heteroatoms. The summed E-state index contributed by atoms with van der Waals surface area (Å²) in [6.07, 6.45) is 0. The quantitative estimate of drug-likeness (QED) is 0.849. The van der Waals surface area contributed by atoms with Crippen molar-refractivity contribution in [1.82, 2.24) is 10.3 Å². The third-order valence-electron chi connectivity index (χ3n) is 3.26. The van der Waals surface area contributed by atoms with Crippen LogP contribution in [0.4, 0.5) is 4.39 Å². The summed E-state index contributed by atoms with van der Waals surface area (Å²) >= 11 is 0. The Labute approximate surface area is 121 Å². The van der Waals surface area contributed by atoms with E-state index in [1.807, 2.05) is 0 Å². The molecule has 1 amide bonds. The Balaban J connectivity index is 2.25. The second kappa shape index (κ2) is 5.95. The molecule has 0 aliphatic carbocycles. The number of rotatable bonds is 4. The molecular formula is C15H17FN2O3. The van der Waals surface area contributed by atoms with Crippen LogP contribution < -0.4 is 5.32 Å². The Kier molecular flexibility index (Phi) is 4.26. The summed E-state index contributed by atoms with van der Waals surface area (Å²) < 4.78 is 18.3. The van der Waals surface area contributed by atoms with Crippen molar-refractivity contribution in [2.45, 2.75) is 19.9 Å². The number of aromatic amines is 1. The second-order valence-electron chi connectivity index (χ2n) is 5.10. The van der Waals surface area contributed by atoms with Gasteiger partial charge < -0.3 is 15.0 Å². The Morgan fingerprint density at radius 2 is 2.05 bits per heavy atom. The van der Waals surface area contributed by atoms with Gasteiger partial charge in [0.05, 0.1) is 7.11 Å². The van der Waals surface area contributed by atoms with Crippen LogP contribution in [0.1, 0.15) is 24.3 Å². The van der Waals surface area contributed by atoms with E-state index in [-0.39, 0.29) is 11.6 Å². The minimum Gasteiger partial charge on any atom is -0.467 e. The van der Waals surface area contributed by atoms with Gasteiger partial charge in [0.2, 0.25) is 0 Å². The van der Waals surface area contributed by atoms with Crippen LogP contribution in [-0.2, 0) is 9.53 Å². The molecule has 0 radical (unpaired) electrons. The number of nitrogens with one attached hydrogen (secondary N) is 2. The fourth-order valence-electron chi connectivity index (χ4n) is 2.08. The van der Waals surface area contributed by atoms with E-state index >= 15 is 0 Å². The first-order valence-corrected chi connectivity index (χ1v) is 6.60. The zero-order valence-electron chi connectivity index (χ0n) is 12.1. The number of H-pyrrole nitrogens is 1. The molecule has 21 heavy (non-hydrogen) atoms. The average molecular weight is 292 g/mol. The van der Waals surface area contributed by atoms with Crippen LogP contribution in [0.25, 0.3) is 10.9 Å². The molecule has 1 unspecified atom stereocenters. The molecule has 5 nitrogen and oxygen atoms in total. The van der Waals surface area contributed by atoms with Gasteiger partial charge in [0.1, 0.15) is 17.6 Å². The van der Waals surface area contributed by atoms with E-state index in [0.29, 0.717) is 10.9 Å². The zero-order chi connectivity index (χ0) is 15.6. The van der Waals surface area contributed by atoms with Gasteiger partial charge in [-0.25, -0.2) is 9.18 Å². The van der Waals surface area contributed by atoms with Crippen LogP contribution in [0.3, 0.4) is 0 Å². The van der Waals surface area contributed by atoms with Gasteiger partial charge in [0.25, 0.3) is 5.91 Å². The third-order valence-corrected chi connectivity index (χ3v) is 3.26. The molecule has 0 fully saturated rings. The Morgan fingerprint density at radius 1 is 1.33 bits per heavy atom. The summed E-state index contributed by atoms with van der Waals surface area (Å²) in [5, 5.41) is 2.93. The summed E-state index contributed by atoms with van der Waals surface area (Å²) in [6.45, 7) is 3.60. The van der Waals surface area contributed by atoms with E-state index in [1.165, 1.54) is 19.2 Å². The average Bonchev–Trinajstić information content (AvgIpc) is 2.89. The third kappa shape index (κ3) is 3.04. The molecule has 1 aromatic heterocycles. The molecular weight excluding hydrogens is 275 g/mol. The number of ether oxygens (including phenoxy) is 1. The molecule has 1 heterocycles. The minimum absolute atomic E-state index is 0.123. The Hall–Kier alpha value is -2.37. The first-order chi connectivity index (χ1) is 9.93. The number of hydrogen-bond donors (Lipinski definition) is 2. The molecule has 0 saturated carbocycles. The lowest BCUT2D eigenvalue weighted by Crippen LogP contribution is -2.45. The molecule has 0 aliphatic rings. The van der Waals surface area contributed by atoms with E-state index in [9.17, 15) is 14.0 Å². The van der Waals surface area contributed by atoms with Gasteiger partial charge in [0, 0.05) is 10.9 Å². The number of carbonyl (C=O) groups is 2. The fourth-order valence-corrected chi connectivity index (χ4v) is 2.08. The molecule has 0 bridgehead atoms. The van der Waals surface area contributed by atoms with E-state index in [4.69, 9.17) is 0 Å². The molecule has 0 spiro atoms. The molecule has 2 N–H and O–H groups in total. The van der Waals surface area contributed by atoms with Crippen LogP contribution in [-0.4, -0.2) is 30.0 Å². The maximum atomic E-state index is 13.6. The Bertz CT molecular complexity index is 679. The number of benzene rings is 1. The van der Waals surface area contributed by atoms with Crippen molar-refractivity contribution in [3.63, 3.8) is 0 Å². The summed E-state index contributed by atoms with van der Waals surface area (Å²) in [5.74, 6) is -1.52. The van der Waals surface area contributed by atoms with Gasteiger partial charge in [0.15, 0.2) is 0 Å². The number of amides is 1. The number of carbonyl (C=O) groups excluding carboxylic acids is 2. The first kappa shape index (κ1) is 15.0. The lowest BCUT2D eigenvalue weighted by molar-refractivity contribution is -0.144. The molecule has 2 aromatic rings. The summed E-state index contributed by atoms with van der Waals surface area (Å²) in [7, 11) is 1.27. The molecule has 0 aliphatic heterocycles. The van der Waals surface area contributed by atoms with Crippen molar-refractivity contribution in [2.75, 3.05) is 7.11 Å². The largest absolute Gasteiger partial charge is 0.467 e. The predicted octanol–water partition coefficient (Wildman–Crippen LogP) is 2.23. The molecule has 112 valence electrons. The predicted molar refractivity (Wildman–Crippen MR) is 76.4 cm³/mol. The maximum absolute atomic E-state index is 13.6. The van der Waals surface area contributed by atoms with Gasteiger partial charge in [-0.3, -0.25) is 4.79 Å². The highest BCUT2D eigenvalue weighted by atomic mass is 19.1. The van der Waals surface area contributed by atoms with Crippen molar-refractivity contribution >= 4 is 22.8 Å². The smallest absolute Gasteiger partial charge is 0.328 e. The van der Waals surface area contributed by atoms with Crippen molar-refractivity contribution < 1.29 is 18.7 Å². The number of fused-ring (bicyclic) bond motifs is 1. The SMILES string of the molecule is COC(=O)C(NC(=O)c1cc2c(F)cccc2[nH]1)C(C)C. The molecule has 2 rings (SSSR count). The van der Waals surface area contributed by atoms with E-state index in [2.05, 4.69) is 15.0 Å². The van der Waals surface area contributed by atoms with E-state index < -0.39 is 23.7 Å². The number of methoxy groups -OCH3 is 1. The van der Waals surface area contributed by atoms with Crippen LogP contribution in [0, 0.1) is 11.7 Å². The van der Waals surface area contributed by atoms with Gasteiger partial charge in [-0.2, -0.15) is 0 Å². The van der Waals surface area contributed by atoms with Crippen molar-refractivity contribution in [1.29, 1.82) is 0 Å². The Morgan fingerprint density at radius 3 is 2.62 bits per heavy atom. The van der Waals surface area contributed by atoms with Crippen LogP contribution >= 0.6 is 0 Å². The van der Waals surface area contributed by atoms with Crippen molar-refractivity contribution in [2.24, 2.45) is 5.92 Å². The van der Waals surface area contributed by atoms with Gasteiger partial charge in [-0.05, 0) is 24.1 Å².